The number of fused-ring (bicyclic) bond motifs is 16. The zero-order valence-corrected chi connectivity index (χ0v) is 84.7. The van der Waals surface area contributed by atoms with Crippen LogP contribution in [-0.4, -0.2) is 39.9 Å². The van der Waals surface area contributed by atoms with E-state index in [9.17, 15) is 0 Å². The summed E-state index contributed by atoms with van der Waals surface area (Å²) in [5.74, 6) is 1.44. The molecular weight excluding hydrogens is 1730 g/mol. The first-order valence-electron chi connectivity index (χ1n) is 49.8. The van der Waals surface area contributed by atoms with Crippen molar-refractivity contribution in [2.24, 2.45) is 0 Å². The lowest BCUT2D eigenvalue weighted by atomic mass is 9.86. The van der Waals surface area contributed by atoms with E-state index >= 15 is 0 Å². The first-order chi connectivity index (χ1) is 68.1. The second kappa shape index (κ2) is 36.5. The molecule has 4 N–H and O–H groups in total. The fraction of sp³-hybridized carbons (Fsp3) is 0.197. The molecule has 0 fully saturated rings. The molecule has 10 heteroatoms. The summed E-state index contributed by atoms with van der Waals surface area (Å²) in [6, 6.07) is 115. The summed E-state index contributed by atoms with van der Waals surface area (Å²) in [4.78, 5) is 38.9. The molecule has 142 heavy (non-hydrogen) atoms. The Morgan fingerprint density at radius 1 is 0.169 bits per heavy atom. The summed E-state index contributed by atoms with van der Waals surface area (Å²) < 4.78 is 14.1. The fourth-order valence-electron chi connectivity index (χ4n) is 20.1. The summed E-state index contributed by atoms with van der Waals surface area (Å²) >= 11 is 0. The minimum Gasteiger partial charge on any atom is -0.489 e. The van der Waals surface area contributed by atoms with Gasteiger partial charge in [0.2, 0.25) is 0 Å². The molecule has 21 rings (SSSR count). The van der Waals surface area contributed by atoms with Crippen molar-refractivity contribution in [3.63, 3.8) is 0 Å². The molecule has 16 bridgehead atoms. The minimum atomic E-state index is -0.0461. The van der Waals surface area contributed by atoms with Gasteiger partial charge in [0.25, 0.3) is 0 Å². The van der Waals surface area contributed by atoms with E-state index in [1.807, 2.05) is 0 Å². The average Bonchev–Trinajstić information content (AvgIpc) is 1.61. The van der Waals surface area contributed by atoms with Gasteiger partial charge in [0.1, 0.15) is 24.7 Å². The quantitative estimate of drug-likeness (QED) is 0.0762. The molecule has 4 aliphatic rings. The highest BCUT2D eigenvalue weighted by atomic mass is 16.5. The van der Waals surface area contributed by atoms with E-state index in [-0.39, 0.29) is 45.7 Å². The predicted molar refractivity (Wildman–Crippen MR) is 599 cm³/mol. The lowest BCUT2D eigenvalue weighted by molar-refractivity contribution is 0.301. The first kappa shape index (κ1) is 92.6. The van der Waals surface area contributed by atoms with Crippen LogP contribution in [0.2, 0.25) is 0 Å². The van der Waals surface area contributed by atoms with Crippen LogP contribution in [-0.2, 0) is 45.7 Å². The lowest BCUT2D eigenvalue weighted by Gasteiger charge is -2.19. The zero-order chi connectivity index (χ0) is 98.5. The average molecular weight is 1850 g/mol. The molecule has 6 aromatic heterocycles. The topological polar surface area (TPSA) is 133 Å². The minimum absolute atomic E-state index is 0.0265. The molecule has 702 valence electrons. The van der Waals surface area contributed by atoms with Crippen molar-refractivity contribution >= 4 is 92.7 Å². The highest BCUT2D eigenvalue weighted by molar-refractivity contribution is 6.04. The summed E-state index contributed by atoms with van der Waals surface area (Å²) in [7, 11) is 0. The van der Waals surface area contributed by atoms with Crippen molar-refractivity contribution in [3.05, 3.63) is 406 Å². The predicted octanol–water partition coefficient (Wildman–Crippen LogP) is 35.2. The third kappa shape index (κ3) is 18.6. The van der Waals surface area contributed by atoms with Crippen LogP contribution in [0, 0.1) is 0 Å². The van der Waals surface area contributed by atoms with Gasteiger partial charge in [0.15, 0.2) is 0 Å². The number of aromatic amines is 4. The standard InChI is InChI=1S/C132H122N8O2/c1-127(2,3)94-47-31-84(32-48-94)119-102-63-67-106(133-102)121(86-35-51-96(52-36-86)129(7,8)9)110-71-75-114(137-110)125(115-76-72-111(138-115)122(107-68-64-103(119)134-107)87-37-53-97(54-38-87)130(10,11)12)90-43-59-100(60-44-90)141-79-92-25-22-26-93(118(92)83-29-27-82(28-30-83)81-23-20-19-21-24-81)80-142-101-61-45-91(46-62-101)126-116-77-73-112(139-116)123(88-39-55-98(56-40-88)131(13,14)15)108-69-65-104(135-108)120(85-33-49-95(50-34-85)128(4,5)6)105-66-70-109(136-105)124(113-74-78-117(126)140-113)89-41-57-99(58-42-89)132(16,17)18/h19-78,133,135,138,140H,79-80H2,1-18H3. The number of rotatable bonds is 16. The number of nitrogens with zero attached hydrogens (tertiary/aromatic N) is 4. The highest BCUT2D eigenvalue weighted by Crippen LogP contribution is 2.47. The number of nitrogens with one attached hydrogen (secondary N) is 4. The van der Waals surface area contributed by atoms with E-state index < -0.39 is 0 Å². The summed E-state index contributed by atoms with van der Waals surface area (Å²) in [5.41, 5.74) is 44.1. The molecule has 10 heterocycles. The molecular formula is C132H122N8O2. The molecule has 0 radical (unpaired) electrons. The highest BCUT2D eigenvalue weighted by Gasteiger charge is 2.28. The van der Waals surface area contributed by atoms with E-state index in [0.717, 1.165) is 224 Å². The van der Waals surface area contributed by atoms with Crippen molar-refractivity contribution in [1.82, 2.24) is 39.9 Å². The number of H-pyrrole nitrogens is 4. The van der Waals surface area contributed by atoms with Crippen LogP contribution in [0.3, 0.4) is 0 Å². The Kier molecular flexibility index (Phi) is 23.8. The molecule has 0 saturated heterocycles. The maximum absolute atomic E-state index is 7.07. The number of benzene rings is 11. The van der Waals surface area contributed by atoms with Gasteiger partial charge in [0.05, 0.1) is 45.6 Å². The molecule has 0 atom stereocenters. The van der Waals surface area contributed by atoms with Gasteiger partial charge in [-0.25, -0.2) is 19.9 Å². The van der Waals surface area contributed by atoms with Crippen LogP contribution in [0.4, 0.5) is 0 Å². The normalized spacial score (nSPS) is 12.8. The smallest absolute Gasteiger partial charge is 0.119 e. The maximum atomic E-state index is 7.07. The van der Waals surface area contributed by atoms with Gasteiger partial charge in [-0.3, -0.25) is 0 Å². The van der Waals surface area contributed by atoms with Crippen molar-refractivity contribution in [3.8, 4) is 123 Å². The molecule has 4 aliphatic heterocycles. The van der Waals surface area contributed by atoms with E-state index in [1.54, 1.807) is 0 Å². The van der Waals surface area contributed by atoms with E-state index in [4.69, 9.17) is 29.4 Å². The Hall–Kier alpha value is -15.8. The van der Waals surface area contributed by atoms with Gasteiger partial charge in [-0.1, -0.05) is 367 Å². The Labute approximate surface area is 835 Å². The third-order valence-corrected chi connectivity index (χ3v) is 28.3. The first-order valence-corrected chi connectivity index (χ1v) is 49.8. The van der Waals surface area contributed by atoms with Gasteiger partial charge in [-0.15, -0.1) is 0 Å². The number of hydrogen-bond donors (Lipinski definition) is 4. The van der Waals surface area contributed by atoms with Gasteiger partial charge in [-0.2, -0.15) is 0 Å². The Bertz CT molecular complexity index is 7680. The van der Waals surface area contributed by atoms with E-state index in [1.165, 1.54) is 33.4 Å². The second-order valence-corrected chi connectivity index (χ2v) is 44.5. The fourth-order valence-corrected chi connectivity index (χ4v) is 20.1. The van der Waals surface area contributed by atoms with Crippen LogP contribution in [0.15, 0.2) is 315 Å². The van der Waals surface area contributed by atoms with Gasteiger partial charge < -0.3 is 29.4 Å². The van der Waals surface area contributed by atoms with Crippen molar-refractivity contribution in [2.45, 2.75) is 170 Å². The Morgan fingerprint density at radius 3 is 0.535 bits per heavy atom. The second-order valence-electron chi connectivity index (χ2n) is 44.5. The number of aromatic nitrogens is 8. The van der Waals surface area contributed by atoms with E-state index in [2.05, 4.69) is 509 Å². The molecule has 0 spiro atoms. The summed E-state index contributed by atoms with van der Waals surface area (Å²) in [6.45, 7) is 41.3. The monoisotopic (exact) mass is 1850 g/mol. The molecule has 0 unspecified atom stereocenters. The van der Waals surface area contributed by atoms with E-state index in [0.29, 0.717) is 0 Å². The largest absolute Gasteiger partial charge is 0.489 e. The molecule has 17 aromatic rings. The van der Waals surface area contributed by atoms with Gasteiger partial charge in [0, 0.05) is 88.6 Å². The van der Waals surface area contributed by atoms with Crippen molar-refractivity contribution < 1.29 is 9.47 Å². The SMILES string of the molecule is CC(C)(C)c1ccc(-c2c3nc(c(-c4ccc(C(C)(C)C)cc4)c4ccc([nH]4)c(-c4ccc(C(C)(C)C)cc4)c4nc(c(-c5ccc(OCc6cccc(COc7ccc(-c8c9nc(c(-c%10ccc(C(C)(C)C)cc%10)c%10ccc([nH]%10)c(-c%10ccc(C(C)(C)C)cc%10)c%10nc(c(-c%11ccc(C(C)(C)C)cc%11)c%11ccc8[nH]%11)C=C%10)C=C9)cc7)c6-c6ccc(-c7ccccc7)cc6)cc5)c5ccc2[nH]5)C=C4)C=C3)cc1. The third-order valence-electron chi connectivity index (χ3n) is 28.3. The van der Waals surface area contributed by atoms with Crippen LogP contribution in [0.25, 0.3) is 204 Å². The summed E-state index contributed by atoms with van der Waals surface area (Å²) in [6.07, 6.45) is 17.4. The Balaban J connectivity index is 0.657. The summed E-state index contributed by atoms with van der Waals surface area (Å²) in [5, 5.41) is 0. The zero-order valence-electron chi connectivity index (χ0n) is 84.7. The van der Waals surface area contributed by atoms with Crippen molar-refractivity contribution in [2.75, 3.05) is 0 Å². The van der Waals surface area contributed by atoms with Crippen LogP contribution in [0.5, 0.6) is 11.5 Å². The molecule has 11 aromatic carbocycles. The molecule has 10 nitrogen and oxygen atoms in total. The van der Waals surface area contributed by atoms with Crippen LogP contribution >= 0.6 is 0 Å². The van der Waals surface area contributed by atoms with Crippen LogP contribution < -0.4 is 9.47 Å². The maximum Gasteiger partial charge on any atom is 0.119 e. The van der Waals surface area contributed by atoms with Crippen LogP contribution in [0.1, 0.15) is 215 Å². The number of ether oxygens (including phenoxy) is 2. The van der Waals surface area contributed by atoms with Gasteiger partial charge in [-0.05, 0) is 265 Å². The number of hydrogen-bond acceptors (Lipinski definition) is 6. The molecule has 0 saturated carbocycles. The van der Waals surface area contributed by atoms with Gasteiger partial charge >= 0.3 is 0 Å². The Morgan fingerprint density at radius 2 is 0.338 bits per heavy atom. The molecule has 0 amide bonds. The van der Waals surface area contributed by atoms with Crippen molar-refractivity contribution in [1.29, 1.82) is 0 Å². The lowest BCUT2D eigenvalue weighted by Crippen LogP contribution is -2.10. The molecule has 0 aliphatic carbocycles.